The molecule has 1 atom stereocenters. The summed E-state index contributed by atoms with van der Waals surface area (Å²) < 4.78 is 14.0. The maximum atomic E-state index is 13.8. The summed E-state index contributed by atoms with van der Waals surface area (Å²) in [4.78, 5) is 56.2. The maximum absolute atomic E-state index is 13.8. The van der Waals surface area contributed by atoms with E-state index in [0.717, 1.165) is 0 Å². The highest BCUT2D eigenvalue weighted by Gasteiger charge is 2.35. The number of anilines is 1. The van der Waals surface area contributed by atoms with Crippen molar-refractivity contribution in [2.45, 2.75) is 19.5 Å². The number of nitrogens with one attached hydrogen (secondary N) is 1. The van der Waals surface area contributed by atoms with Crippen LogP contribution in [0, 0.1) is 0 Å². The predicted molar refractivity (Wildman–Crippen MR) is 135 cm³/mol. The second-order valence-corrected chi connectivity index (χ2v) is 8.40. The van der Waals surface area contributed by atoms with Crippen molar-refractivity contribution in [3.05, 3.63) is 70.5 Å². The fraction of sp³-hybridized carbons (Fsp3) is 0.250. The lowest BCUT2D eigenvalue weighted by atomic mass is 10.0. The summed E-state index contributed by atoms with van der Waals surface area (Å²) >= 11 is 0.698. The Morgan fingerprint density at radius 3 is 2.46 bits per heavy atom. The summed E-state index contributed by atoms with van der Waals surface area (Å²) in [6.45, 7) is 1.34. The van der Waals surface area contributed by atoms with E-state index in [-0.39, 0.29) is 29.4 Å². The van der Waals surface area contributed by atoms with Crippen molar-refractivity contribution in [3.63, 3.8) is 0 Å². The van der Waals surface area contributed by atoms with Crippen LogP contribution in [0.1, 0.15) is 44.3 Å². The van der Waals surface area contributed by atoms with Gasteiger partial charge in [-0.05, 0) is 47.8 Å². The van der Waals surface area contributed by atoms with E-state index in [0.29, 0.717) is 28.4 Å². The number of methoxy groups -OCH3 is 1. The van der Waals surface area contributed by atoms with Gasteiger partial charge in [-0.25, -0.2) is 0 Å². The van der Waals surface area contributed by atoms with E-state index in [1.54, 1.807) is 55.7 Å². The monoisotopic (exact) mass is 526 g/mol. The molecule has 3 rings (SSSR count). The fourth-order valence-electron chi connectivity index (χ4n) is 3.46. The molecule has 0 fully saturated rings. The quantitative estimate of drug-likeness (QED) is 0.310. The van der Waals surface area contributed by atoms with Gasteiger partial charge in [-0.2, -0.15) is 4.37 Å². The molecule has 1 aromatic carbocycles. The fourth-order valence-corrected chi connectivity index (χ4v) is 4.22. The van der Waals surface area contributed by atoms with Gasteiger partial charge in [0, 0.05) is 18.9 Å². The molecule has 0 aliphatic rings. The van der Waals surface area contributed by atoms with Crippen molar-refractivity contribution in [2.75, 3.05) is 26.0 Å². The van der Waals surface area contributed by atoms with Gasteiger partial charge < -0.3 is 31.2 Å². The van der Waals surface area contributed by atoms with Crippen LogP contribution in [0.2, 0.25) is 0 Å². The summed E-state index contributed by atoms with van der Waals surface area (Å²) in [5.41, 5.74) is 12.0. The number of amides is 3. The minimum Gasteiger partial charge on any atom is -0.497 e. The van der Waals surface area contributed by atoms with Crippen LogP contribution in [-0.2, 0) is 20.9 Å². The van der Waals surface area contributed by atoms with Gasteiger partial charge in [0.15, 0.2) is 5.69 Å². The normalized spacial score (nSPS) is 11.3. The molecule has 13 heteroatoms. The number of primary amides is 1. The molecule has 0 saturated carbocycles. The lowest BCUT2D eigenvalue weighted by Crippen LogP contribution is -2.44. The number of hydrogen-bond acceptors (Lipinski definition) is 10. The highest BCUT2D eigenvalue weighted by molar-refractivity contribution is 7.09. The first-order chi connectivity index (χ1) is 17.8. The molecular formula is C24H26N6O6S. The molecule has 0 saturated heterocycles. The Labute approximate surface area is 216 Å². The first-order valence-corrected chi connectivity index (χ1v) is 11.9. The van der Waals surface area contributed by atoms with Gasteiger partial charge in [0.1, 0.15) is 23.2 Å². The molecule has 0 aliphatic heterocycles. The van der Waals surface area contributed by atoms with E-state index in [1.165, 1.54) is 12.0 Å². The Kier molecular flexibility index (Phi) is 9.11. The molecule has 0 radical (unpaired) electrons. The minimum absolute atomic E-state index is 0.0561. The standard InChI is InChI=1S/C24H26N6O6S/c1-3-36-17(31)12-28-23(33)20(15-6-8-16(35-2)9-7-15)30(13-14-5-4-10-27-11-14)24(34)21-18(25)19(22(26)32)29-37-21/h4-11,20H,3,12-13,25H2,1-2H3,(H2,26,32)(H,28,33)/t20-/m1/s1. The van der Waals surface area contributed by atoms with E-state index >= 15 is 0 Å². The Hall–Kier alpha value is -4.52. The molecule has 12 nitrogen and oxygen atoms in total. The van der Waals surface area contributed by atoms with Gasteiger partial charge in [0.2, 0.25) is 5.91 Å². The first-order valence-electron chi connectivity index (χ1n) is 11.1. The summed E-state index contributed by atoms with van der Waals surface area (Å²) in [5, 5.41) is 2.53. The molecule has 194 valence electrons. The summed E-state index contributed by atoms with van der Waals surface area (Å²) in [6, 6.07) is 8.74. The SMILES string of the molecule is CCOC(=O)CNC(=O)[C@@H](c1ccc(OC)cc1)N(Cc1cccnc1)C(=O)c1snc(C(N)=O)c1N. The number of carbonyl (C=O) groups excluding carboxylic acids is 4. The number of nitrogen functional groups attached to an aromatic ring is 1. The zero-order valence-corrected chi connectivity index (χ0v) is 21.0. The van der Waals surface area contributed by atoms with Gasteiger partial charge in [0.05, 0.1) is 19.4 Å². The Balaban J connectivity index is 2.08. The third kappa shape index (κ3) is 6.58. The number of benzene rings is 1. The van der Waals surface area contributed by atoms with E-state index in [1.807, 2.05) is 0 Å². The van der Waals surface area contributed by atoms with Crippen molar-refractivity contribution in [1.29, 1.82) is 0 Å². The number of nitrogens with two attached hydrogens (primary N) is 2. The van der Waals surface area contributed by atoms with Gasteiger partial charge >= 0.3 is 5.97 Å². The molecular weight excluding hydrogens is 500 g/mol. The molecule has 0 bridgehead atoms. The number of hydrogen-bond donors (Lipinski definition) is 3. The third-order valence-electron chi connectivity index (χ3n) is 5.20. The number of ether oxygens (including phenoxy) is 2. The second kappa shape index (κ2) is 12.4. The Morgan fingerprint density at radius 1 is 1.16 bits per heavy atom. The number of carbonyl (C=O) groups is 4. The van der Waals surface area contributed by atoms with Crippen molar-refractivity contribution >= 4 is 40.9 Å². The zero-order valence-electron chi connectivity index (χ0n) is 20.2. The molecule has 2 aromatic heterocycles. The van der Waals surface area contributed by atoms with Crippen LogP contribution in [0.4, 0.5) is 5.69 Å². The lowest BCUT2D eigenvalue weighted by molar-refractivity contribution is -0.143. The molecule has 5 N–H and O–H groups in total. The van der Waals surface area contributed by atoms with Crippen LogP contribution in [0.15, 0.2) is 48.8 Å². The molecule has 2 heterocycles. The van der Waals surface area contributed by atoms with Crippen LogP contribution in [0.3, 0.4) is 0 Å². The zero-order chi connectivity index (χ0) is 26.9. The Morgan fingerprint density at radius 2 is 1.89 bits per heavy atom. The number of aromatic nitrogens is 2. The van der Waals surface area contributed by atoms with Crippen LogP contribution in [0.25, 0.3) is 0 Å². The van der Waals surface area contributed by atoms with E-state index in [2.05, 4.69) is 14.7 Å². The van der Waals surface area contributed by atoms with Crippen molar-refractivity contribution in [1.82, 2.24) is 19.6 Å². The average Bonchev–Trinajstić information content (AvgIpc) is 3.29. The predicted octanol–water partition coefficient (Wildman–Crippen LogP) is 1.29. The molecule has 37 heavy (non-hydrogen) atoms. The third-order valence-corrected chi connectivity index (χ3v) is 6.05. The summed E-state index contributed by atoms with van der Waals surface area (Å²) in [6.07, 6.45) is 3.12. The molecule has 0 spiro atoms. The number of nitrogens with zero attached hydrogens (tertiary/aromatic N) is 3. The maximum Gasteiger partial charge on any atom is 0.325 e. The van der Waals surface area contributed by atoms with Crippen LogP contribution in [-0.4, -0.2) is 58.2 Å². The second-order valence-electron chi connectivity index (χ2n) is 7.63. The average molecular weight is 527 g/mol. The van der Waals surface area contributed by atoms with Gasteiger partial charge in [-0.3, -0.25) is 24.2 Å². The van der Waals surface area contributed by atoms with E-state index in [4.69, 9.17) is 20.9 Å². The van der Waals surface area contributed by atoms with Gasteiger partial charge in [-0.15, -0.1) is 0 Å². The van der Waals surface area contributed by atoms with E-state index < -0.39 is 36.3 Å². The molecule has 0 aliphatic carbocycles. The number of pyridine rings is 1. The first kappa shape index (κ1) is 27.1. The van der Waals surface area contributed by atoms with Crippen molar-refractivity contribution in [3.8, 4) is 5.75 Å². The largest absolute Gasteiger partial charge is 0.497 e. The lowest BCUT2D eigenvalue weighted by Gasteiger charge is -2.31. The highest BCUT2D eigenvalue weighted by Crippen LogP contribution is 2.31. The van der Waals surface area contributed by atoms with Crippen molar-refractivity contribution in [2.24, 2.45) is 5.73 Å². The van der Waals surface area contributed by atoms with Gasteiger partial charge in [-0.1, -0.05) is 18.2 Å². The van der Waals surface area contributed by atoms with Crippen molar-refractivity contribution < 1.29 is 28.7 Å². The van der Waals surface area contributed by atoms with Crippen LogP contribution in [0.5, 0.6) is 5.75 Å². The number of esters is 1. The molecule has 0 unspecified atom stereocenters. The summed E-state index contributed by atoms with van der Waals surface area (Å²) in [5.74, 6) is -2.29. The Bertz CT molecular complexity index is 1260. The molecule has 3 amide bonds. The topological polar surface area (TPSA) is 180 Å². The molecule has 3 aromatic rings. The van der Waals surface area contributed by atoms with Crippen LogP contribution < -0.4 is 21.5 Å². The van der Waals surface area contributed by atoms with E-state index in [9.17, 15) is 19.2 Å². The highest BCUT2D eigenvalue weighted by atomic mass is 32.1. The van der Waals surface area contributed by atoms with Gasteiger partial charge in [0.25, 0.3) is 11.8 Å². The minimum atomic E-state index is -1.22. The number of rotatable bonds is 11. The van der Waals surface area contributed by atoms with Crippen LogP contribution >= 0.6 is 11.5 Å². The smallest absolute Gasteiger partial charge is 0.325 e. The summed E-state index contributed by atoms with van der Waals surface area (Å²) in [7, 11) is 1.50.